The van der Waals surface area contributed by atoms with Gasteiger partial charge in [-0.3, -0.25) is 4.79 Å². The number of pyridine rings is 2. The van der Waals surface area contributed by atoms with Crippen molar-refractivity contribution in [2.75, 3.05) is 18.4 Å². The van der Waals surface area contributed by atoms with E-state index in [2.05, 4.69) is 20.6 Å². The number of carbonyl (C=O) groups excluding carboxylic acids is 1. The summed E-state index contributed by atoms with van der Waals surface area (Å²) in [7, 11) is 0. The Morgan fingerprint density at radius 3 is 2.83 bits per heavy atom. The van der Waals surface area contributed by atoms with Gasteiger partial charge in [-0.05, 0) is 62.5 Å². The van der Waals surface area contributed by atoms with Gasteiger partial charge in [-0.1, -0.05) is 6.07 Å². The number of carbonyl (C=O) groups is 1. The second-order valence-electron chi connectivity index (χ2n) is 5.73. The maximum absolute atomic E-state index is 12.8. The van der Waals surface area contributed by atoms with E-state index in [1.165, 1.54) is 12.1 Å². The highest BCUT2D eigenvalue weighted by Crippen LogP contribution is 2.18. The van der Waals surface area contributed by atoms with Gasteiger partial charge in [-0.2, -0.15) is 0 Å². The van der Waals surface area contributed by atoms with E-state index < -0.39 is 11.7 Å². The van der Waals surface area contributed by atoms with E-state index in [9.17, 15) is 9.18 Å². The molecule has 2 aromatic heterocycles. The third-order valence-electron chi connectivity index (χ3n) is 3.96. The second-order valence-corrected chi connectivity index (χ2v) is 5.73. The quantitative estimate of drug-likeness (QED) is 0.909. The Morgan fingerprint density at radius 2 is 2.09 bits per heavy atom. The summed E-state index contributed by atoms with van der Waals surface area (Å²) in [6.45, 7) is 2.11. The summed E-state index contributed by atoms with van der Waals surface area (Å²) in [6.07, 6.45) is 4.24. The van der Waals surface area contributed by atoms with Gasteiger partial charge in [0.25, 0.3) is 5.91 Å². The number of hydrogen-bond donors (Lipinski definition) is 2. The first-order valence-electron chi connectivity index (χ1n) is 7.80. The van der Waals surface area contributed by atoms with Gasteiger partial charge >= 0.3 is 0 Å². The summed E-state index contributed by atoms with van der Waals surface area (Å²) in [5, 5.41) is 6.06. The van der Waals surface area contributed by atoms with Crippen molar-refractivity contribution in [1.29, 1.82) is 0 Å². The average molecular weight is 314 g/mol. The zero-order valence-corrected chi connectivity index (χ0v) is 12.8. The third kappa shape index (κ3) is 4.32. The molecular formula is C17H19FN4O. The molecular weight excluding hydrogens is 295 g/mol. The van der Waals surface area contributed by atoms with Crippen LogP contribution in [0, 0.1) is 11.7 Å². The molecule has 0 aliphatic carbocycles. The first kappa shape index (κ1) is 15.6. The number of amides is 1. The molecule has 5 nitrogen and oxygen atoms in total. The van der Waals surface area contributed by atoms with Gasteiger partial charge in [0.15, 0.2) is 0 Å². The van der Waals surface area contributed by atoms with Gasteiger partial charge in [-0.15, -0.1) is 0 Å². The lowest BCUT2D eigenvalue weighted by molar-refractivity contribution is 0.102. The highest BCUT2D eigenvalue weighted by Gasteiger charge is 2.15. The SMILES string of the molecule is O=C(Nc1cccc(CC2CCNCC2)n1)c1ccc(F)cn1. The van der Waals surface area contributed by atoms with E-state index in [1.54, 1.807) is 6.07 Å². The number of halogens is 1. The minimum absolute atomic E-state index is 0.164. The van der Waals surface area contributed by atoms with Gasteiger partial charge < -0.3 is 10.6 Å². The van der Waals surface area contributed by atoms with Crippen molar-refractivity contribution in [3.63, 3.8) is 0 Å². The van der Waals surface area contributed by atoms with Crippen molar-refractivity contribution in [2.24, 2.45) is 5.92 Å². The van der Waals surface area contributed by atoms with Crippen LogP contribution in [0.5, 0.6) is 0 Å². The summed E-state index contributed by atoms with van der Waals surface area (Å²) in [5.74, 6) is 0.265. The number of nitrogens with one attached hydrogen (secondary N) is 2. The molecule has 0 bridgehead atoms. The van der Waals surface area contributed by atoms with Crippen LogP contribution in [0.3, 0.4) is 0 Å². The molecule has 23 heavy (non-hydrogen) atoms. The number of anilines is 1. The number of nitrogens with zero attached hydrogens (tertiary/aromatic N) is 2. The molecule has 3 rings (SSSR count). The predicted molar refractivity (Wildman–Crippen MR) is 85.7 cm³/mol. The highest BCUT2D eigenvalue weighted by atomic mass is 19.1. The van der Waals surface area contributed by atoms with Crippen molar-refractivity contribution in [1.82, 2.24) is 15.3 Å². The summed E-state index contributed by atoms with van der Waals surface area (Å²) in [5.41, 5.74) is 1.14. The monoisotopic (exact) mass is 314 g/mol. The molecule has 1 aliphatic heterocycles. The lowest BCUT2D eigenvalue weighted by atomic mass is 9.93. The second kappa shape index (κ2) is 7.28. The van der Waals surface area contributed by atoms with Gasteiger partial charge in [0.1, 0.15) is 17.3 Å². The summed E-state index contributed by atoms with van der Waals surface area (Å²) in [4.78, 5) is 20.3. The van der Waals surface area contributed by atoms with Gasteiger partial charge in [0.2, 0.25) is 0 Å². The van der Waals surface area contributed by atoms with Crippen molar-refractivity contribution in [2.45, 2.75) is 19.3 Å². The Hall–Kier alpha value is -2.34. The van der Waals surface area contributed by atoms with Crippen LogP contribution < -0.4 is 10.6 Å². The molecule has 120 valence electrons. The summed E-state index contributed by atoms with van der Waals surface area (Å²) < 4.78 is 12.8. The third-order valence-corrected chi connectivity index (χ3v) is 3.96. The first-order chi connectivity index (χ1) is 11.2. The maximum atomic E-state index is 12.8. The van der Waals surface area contributed by atoms with E-state index in [0.717, 1.165) is 44.2 Å². The molecule has 0 aromatic carbocycles. The molecule has 6 heteroatoms. The van der Waals surface area contributed by atoms with Crippen LogP contribution in [0.15, 0.2) is 36.5 Å². The largest absolute Gasteiger partial charge is 0.317 e. The van der Waals surface area contributed by atoms with Crippen molar-refractivity contribution in [3.8, 4) is 0 Å². The number of aromatic nitrogens is 2. The van der Waals surface area contributed by atoms with Crippen molar-refractivity contribution >= 4 is 11.7 Å². The molecule has 1 aliphatic rings. The molecule has 0 spiro atoms. The van der Waals surface area contributed by atoms with Crippen LogP contribution in [0.2, 0.25) is 0 Å². The lowest BCUT2D eigenvalue weighted by Crippen LogP contribution is -2.28. The molecule has 0 unspecified atom stereocenters. The Kier molecular flexibility index (Phi) is 4.92. The standard InChI is InChI=1S/C17H19FN4O/c18-13-4-5-15(20-11-13)17(23)22-16-3-1-2-14(21-16)10-12-6-8-19-9-7-12/h1-5,11-12,19H,6-10H2,(H,21,22,23). The topological polar surface area (TPSA) is 66.9 Å². The molecule has 0 radical (unpaired) electrons. The van der Waals surface area contributed by atoms with Crippen LogP contribution >= 0.6 is 0 Å². The Bertz CT molecular complexity index is 669. The molecule has 2 N–H and O–H groups in total. The van der Waals surface area contributed by atoms with Gasteiger partial charge in [-0.25, -0.2) is 14.4 Å². The predicted octanol–water partition coefficient (Wildman–Crippen LogP) is 2.41. The van der Waals surface area contributed by atoms with E-state index >= 15 is 0 Å². The summed E-state index contributed by atoms with van der Waals surface area (Å²) >= 11 is 0. The minimum atomic E-state index is -0.469. The zero-order valence-electron chi connectivity index (χ0n) is 12.8. The molecule has 1 saturated heterocycles. The van der Waals surface area contributed by atoms with E-state index in [1.807, 2.05) is 12.1 Å². The maximum Gasteiger partial charge on any atom is 0.275 e. The molecule has 0 saturated carbocycles. The van der Waals surface area contributed by atoms with E-state index in [0.29, 0.717) is 11.7 Å². The fourth-order valence-electron chi connectivity index (χ4n) is 2.73. The minimum Gasteiger partial charge on any atom is -0.317 e. The normalized spacial score (nSPS) is 15.3. The summed E-state index contributed by atoms with van der Waals surface area (Å²) in [6, 6.07) is 8.17. The van der Waals surface area contributed by atoms with Crippen molar-refractivity contribution < 1.29 is 9.18 Å². The number of piperidine rings is 1. The highest BCUT2D eigenvalue weighted by molar-refractivity contribution is 6.02. The lowest BCUT2D eigenvalue weighted by Gasteiger charge is -2.22. The van der Waals surface area contributed by atoms with Crippen molar-refractivity contribution in [3.05, 3.63) is 53.7 Å². The van der Waals surface area contributed by atoms with Gasteiger partial charge in [0.05, 0.1) is 6.20 Å². The molecule has 0 atom stereocenters. The van der Waals surface area contributed by atoms with Crippen LogP contribution in [-0.4, -0.2) is 29.0 Å². The Balaban J connectivity index is 1.64. The molecule has 2 aromatic rings. The molecule has 3 heterocycles. The van der Waals surface area contributed by atoms with Crippen LogP contribution in [0.1, 0.15) is 29.0 Å². The van der Waals surface area contributed by atoms with Crippen LogP contribution in [0.4, 0.5) is 10.2 Å². The van der Waals surface area contributed by atoms with Crippen LogP contribution in [-0.2, 0) is 6.42 Å². The van der Waals surface area contributed by atoms with Gasteiger partial charge in [0, 0.05) is 5.69 Å². The number of hydrogen-bond acceptors (Lipinski definition) is 4. The smallest absolute Gasteiger partial charge is 0.275 e. The number of rotatable bonds is 4. The fraction of sp³-hybridized carbons (Fsp3) is 0.353. The average Bonchev–Trinajstić information content (AvgIpc) is 2.57. The Morgan fingerprint density at radius 1 is 1.26 bits per heavy atom. The first-order valence-corrected chi connectivity index (χ1v) is 7.80. The Labute approximate surface area is 134 Å². The van der Waals surface area contributed by atoms with E-state index in [-0.39, 0.29) is 5.69 Å². The van der Waals surface area contributed by atoms with E-state index in [4.69, 9.17) is 0 Å². The fourth-order valence-corrected chi connectivity index (χ4v) is 2.73. The van der Waals surface area contributed by atoms with Crippen LogP contribution in [0.25, 0.3) is 0 Å². The zero-order chi connectivity index (χ0) is 16.1. The molecule has 1 amide bonds. The molecule has 1 fully saturated rings.